The molecule has 2 heteroatoms. The highest BCUT2D eigenvalue weighted by atomic mass is 16.3. The molecule has 0 radical (unpaired) electrons. The Morgan fingerprint density at radius 3 is 2.50 bits per heavy atom. The molecule has 0 aliphatic heterocycles. The van der Waals surface area contributed by atoms with Crippen LogP contribution in [-0.4, -0.2) is 0 Å². The molecule has 0 spiro atoms. The Morgan fingerprint density at radius 2 is 2.00 bits per heavy atom. The minimum atomic E-state index is 0.502. The summed E-state index contributed by atoms with van der Waals surface area (Å²) in [5.41, 5.74) is 5.43. The average molecular weight is 167 g/mol. The smallest absolute Gasteiger partial charge is 0.117 e. The highest BCUT2D eigenvalue weighted by Gasteiger charge is 2.01. The van der Waals surface area contributed by atoms with E-state index >= 15 is 0 Å². The van der Waals surface area contributed by atoms with Gasteiger partial charge in [0.2, 0.25) is 0 Å². The van der Waals surface area contributed by atoms with Crippen LogP contribution in [0.25, 0.3) is 0 Å². The van der Waals surface area contributed by atoms with Crippen molar-refractivity contribution in [2.75, 3.05) is 0 Å². The summed E-state index contributed by atoms with van der Waals surface area (Å²) >= 11 is 0. The van der Waals surface area contributed by atoms with E-state index in [1.807, 2.05) is 12.1 Å². The van der Waals surface area contributed by atoms with Gasteiger partial charge in [-0.3, -0.25) is 0 Å². The van der Waals surface area contributed by atoms with Gasteiger partial charge < -0.3 is 10.2 Å². The summed E-state index contributed by atoms with van der Waals surface area (Å²) in [5.74, 6) is 2.68. The molecular formula is C10H17NO. The summed E-state index contributed by atoms with van der Waals surface area (Å²) < 4.78 is 5.46. The molecule has 0 unspecified atom stereocenters. The quantitative estimate of drug-likeness (QED) is 0.747. The molecule has 0 fully saturated rings. The first-order valence-electron chi connectivity index (χ1n) is 4.50. The molecule has 0 atom stereocenters. The number of aryl methyl sites for hydroxylation is 1. The van der Waals surface area contributed by atoms with Crippen molar-refractivity contribution in [1.29, 1.82) is 0 Å². The maximum absolute atomic E-state index is 5.46. The fraction of sp³-hybridized carbons (Fsp3) is 0.600. The summed E-state index contributed by atoms with van der Waals surface area (Å²) in [6.07, 6.45) is 2.20. The molecule has 1 aromatic rings. The normalized spacial score (nSPS) is 11.0. The zero-order valence-corrected chi connectivity index (χ0v) is 7.84. The van der Waals surface area contributed by atoms with Crippen LogP contribution in [0.15, 0.2) is 16.5 Å². The molecule has 2 N–H and O–H groups in total. The van der Waals surface area contributed by atoms with Crippen LogP contribution in [0.5, 0.6) is 0 Å². The fourth-order valence-electron chi connectivity index (χ4n) is 1.10. The van der Waals surface area contributed by atoms with Crippen molar-refractivity contribution in [3.05, 3.63) is 23.7 Å². The van der Waals surface area contributed by atoms with Crippen molar-refractivity contribution in [1.82, 2.24) is 0 Å². The molecular weight excluding hydrogens is 150 g/mol. The minimum absolute atomic E-state index is 0.502. The summed E-state index contributed by atoms with van der Waals surface area (Å²) in [6.45, 7) is 4.93. The third kappa shape index (κ3) is 2.70. The number of nitrogens with two attached hydrogens (primary N) is 1. The minimum Gasteiger partial charge on any atom is -0.465 e. The predicted octanol–water partition coefficient (Wildman–Crippen LogP) is 2.33. The lowest BCUT2D eigenvalue weighted by Gasteiger charge is -2.00. The second-order valence-corrected chi connectivity index (χ2v) is 3.50. The topological polar surface area (TPSA) is 39.2 Å². The van der Waals surface area contributed by atoms with Crippen molar-refractivity contribution in [3.63, 3.8) is 0 Å². The van der Waals surface area contributed by atoms with Crippen LogP contribution in [0, 0.1) is 5.92 Å². The molecule has 0 aromatic carbocycles. The molecule has 0 saturated heterocycles. The van der Waals surface area contributed by atoms with Gasteiger partial charge in [-0.05, 0) is 24.5 Å². The van der Waals surface area contributed by atoms with Crippen molar-refractivity contribution in [3.8, 4) is 0 Å². The van der Waals surface area contributed by atoms with Gasteiger partial charge in [0.05, 0.1) is 6.54 Å². The van der Waals surface area contributed by atoms with Crippen molar-refractivity contribution in [2.24, 2.45) is 11.7 Å². The number of hydrogen-bond acceptors (Lipinski definition) is 2. The van der Waals surface area contributed by atoms with Gasteiger partial charge >= 0.3 is 0 Å². The molecule has 1 heterocycles. The van der Waals surface area contributed by atoms with E-state index in [1.54, 1.807) is 0 Å². The molecule has 1 rings (SSSR count). The van der Waals surface area contributed by atoms with Crippen molar-refractivity contribution in [2.45, 2.75) is 33.2 Å². The largest absolute Gasteiger partial charge is 0.465 e. The van der Waals surface area contributed by atoms with Gasteiger partial charge in [0.25, 0.3) is 0 Å². The Hall–Kier alpha value is -0.760. The Kier molecular flexibility index (Phi) is 3.35. The lowest BCUT2D eigenvalue weighted by Crippen LogP contribution is -1.93. The summed E-state index contributed by atoms with van der Waals surface area (Å²) in [7, 11) is 0. The standard InChI is InChI=1S/C10H17NO/c1-8(2)3-4-9-5-6-10(7-11)12-9/h5-6,8H,3-4,7,11H2,1-2H3. The summed E-state index contributed by atoms with van der Waals surface area (Å²) in [4.78, 5) is 0. The van der Waals surface area contributed by atoms with Crippen LogP contribution in [0.4, 0.5) is 0 Å². The van der Waals surface area contributed by atoms with Crippen LogP contribution in [-0.2, 0) is 13.0 Å². The van der Waals surface area contributed by atoms with E-state index in [0.717, 1.165) is 23.9 Å². The molecule has 0 bridgehead atoms. The highest BCUT2D eigenvalue weighted by Crippen LogP contribution is 2.12. The Labute approximate surface area is 73.8 Å². The van der Waals surface area contributed by atoms with Gasteiger partial charge in [-0.1, -0.05) is 13.8 Å². The van der Waals surface area contributed by atoms with E-state index < -0.39 is 0 Å². The third-order valence-corrected chi connectivity index (χ3v) is 1.89. The molecule has 68 valence electrons. The van der Waals surface area contributed by atoms with Gasteiger partial charge in [0, 0.05) is 6.42 Å². The van der Waals surface area contributed by atoms with Gasteiger partial charge in [-0.15, -0.1) is 0 Å². The molecule has 0 aliphatic rings. The zero-order chi connectivity index (χ0) is 8.97. The first-order valence-corrected chi connectivity index (χ1v) is 4.50. The van der Waals surface area contributed by atoms with E-state index in [0.29, 0.717) is 6.54 Å². The van der Waals surface area contributed by atoms with E-state index in [4.69, 9.17) is 10.2 Å². The van der Waals surface area contributed by atoms with Gasteiger partial charge in [-0.25, -0.2) is 0 Å². The average Bonchev–Trinajstić information content (AvgIpc) is 2.48. The molecule has 0 saturated carbocycles. The number of hydrogen-bond donors (Lipinski definition) is 1. The van der Waals surface area contributed by atoms with E-state index in [9.17, 15) is 0 Å². The highest BCUT2D eigenvalue weighted by molar-refractivity contribution is 5.06. The molecule has 1 aromatic heterocycles. The summed E-state index contributed by atoms with van der Waals surface area (Å²) in [6, 6.07) is 3.97. The maximum atomic E-state index is 5.46. The number of furan rings is 1. The second kappa shape index (κ2) is 4.31. The Bertz CT molecular complexity index is 227. The van der Waals surface area contributed by atoms with E-state index in [1.165, 1.54) is 6.42 Å². The van der Waals surface area contributed by atoms with Crippen LogP contribution < -0.4 is 5.73 Å². The first kappa shape index (κ1) is 9.33. The van der Waals surface area contributed by atoms with Gasteiger partial charge in [-0.2, -0.15) is 0 Å². The zero-order valence-electron chi connectivity index (χ0n) is 7.84. The lowest BCUT2D eigenvalue weighted by molar-refractivity contribution is 0.445. The molecule has 2 nitrogen and oxygen atoms in total. The van der Waals surface area contributed by atoms with Crippen molar-refractivity contribution < 1.29 is 4.42 Å². The Balaban J connectivity index is 2.41. The van der Waals surface area contributed by atoms with Crippen molar-refractivity contribution >= 4 is 0 Å². The number of rotatable bonds is 4. The Morgan fingerprint density at radius 1 is 1.33 bits per heavy atom. The maximum Gasteiger partial charge on any atom is 0.117 e. The van der Waals surface area contributed by atoms with Crippen LogP contribution >= 0.6 is 0 Å². The van der Waals surface area contributed by atoms with E-state index in [2.05, 4.69) is 13.8 Å². The van der Waals surface area contributed by atoms with E-state index in [-0.39, 0.29) is 0 Å². The summed E-state index contributed by atoms with van der Waals surface area (Å²) in [5, 5.41) is 0. The van der Waals surface area contributed by atoms with Gasteiger partial charge in [0.15, 0.2) is 0 Å². The third-order valence-electron chi connectivity index (χ3n) is 1.89. The lowest BCUT2D eigenvalue weighted by atomic mass is 10.1. The first-order chi connectivity index (χ1) is 5.72. The monoisotopic (exact) mass is 167 g/mol. The second-order valence-electron chi connectivity index (χ2n) is 3.50. The van der Waals surface area contributed by atoms with Crippen LogP contribution in [0.2, 0.25) is 0 Å². The molecule has 0 amide bonds. The molecule has 0 aliphatic carbocycles. The van der Waals surface area contributed by atoms with Crippen LogP contribution in [0.1, 0.15) is 31.8 Å². The van der Waals surface area contributed by atoms with Gasteiger partial charge in [0.1, 0.15) is 11.5 Å². The predicted molar refractivity (Wildman–Crippen MR) is 49.8 cm³/mol. The fourth-order valence-corrected chi connectivity index (χ4v) is 1.10. The SMILES string of the molecule is CC(C)CCc1ccc(CN)o1. The van der Waals surface area contributed by atoms with Crippen LogP contribution in [0.3, 0.4) is 0 Å². The molecule has 12 heavy (non-hydrogen) atoms.